The van der Waals surface area contributed by atoms with Crippen LogP contribution in [0.1, 0.15) is 12.6 Å². The predicted molar refractivity (Wildman–Crippen MR) is 44.7 cm³/mol. The molecule has 0 spiro atoms. The average molecular weight is 166 g/mol. The van der Waals surface area contributed by atoms with Crippen molar-refractivity contribution in [1.29, 1.82) is 0 Å². The van der Waals surface area contributed by atoms with Crippen LogP contribution < -0.4 is 5.32 Å². The number of nitrogens with zero attached hydrogens (tertiary/aromatic N) is 1. The molecule has 0 aliphatic carbocycles. The van der Waals surface area contributed by atoms with E-state index in [-0.39, 0.29) is 0 Å². The van der Waals surface area contributed by atoms with Crippen LogP contribution in [-0.2, 0) is 4.79 Å². The molecule has 0 unspecified atom stereocenters. The first-order valence-electron chi connectivity index (χ1n) is 3.54. The summed E-state index contributed by atoms with van der Waals surface area (Å²) in [6, 6.07) is 1.74. The van der Waals surface area contributed by atoms with Crippen molar-refractivity contribution < 1.29 is 9.32 Å². The zero-order chi connectivity index (χ0) is 8.97. The number of nitrogens with one attached hydrogen (secondary N) is 1. The minimum absolute atomic E-state index is 0.536. The number of hydrogen-bond donors (Lipinski definition) is 1. The summed E-state index contributed by atoms with van der Waals surface area (Å²) in [4.78, 5) is 10.2. The van der Waals surface area contributed by atoms with Gasteiger partial charge in [0.05, 0.1) is 5.69 Å². The Hall–Kier alpha value is -1.58. The Morgan fingerprint density at radius 3 is 3.00 bits per heavy atom. The molecule has 0 fully saturated rings. The van der Waals surface area contributed by atoms with Gasteiger partial charge in [0, 0.05) is 17.8 Å². The highest BCUT2D eigenvalue weighted by atomic mass is 16.5. The van der Waals surface area contributed by atoms with Crippen molar-refractivity contribution >= 4 is 12.2 Å². The molecule has 1 aromatic heterocycles. The van der Waals surface area contributed by atoms with Gasteiger partial charge in [0.1, 0.15) is 6.29 Å². The Labute approximate surface area is 70.2 Å². The molecule has 0 atom stereocenters. The van der Waals surface area contributed by atoms with Gasteiger partial charge in [0.15, 0.2) is 0 Å². The van der Waals surface area contributed by atoms with Crippen molar-refractivity contribution in [1.82, 2.24) is 5.16 Å². The van der Waals surface area contributed by atoms with E-state index in [0.717, 1.165) is 12.0 Å². The van der Waals surface area contributed by atoms with Crippen molar-refractivity contribution in [3.63, 3.8) is 0 Å². The molecule has 0 saturated heterocycles. The number of allylic oxidation sites excluding steroid dienone is 1. The van der Waals surface area contributed by atoms with Crippen LogP contribution in [-0.4, -0.2) is 11.4 Å². The SMILES string of the molecule is CC(C=O)=CNc1cc(C)no1. The van der Waals surface area contributed by atoms with Crippen molar-refractivity contribution in [2.45, 2.75) is 13.8 Å². The maximum absolute atomic E-state index is 10.2. The molecule has 0 aromatic carbocycles. The largest absolute Gasteiger partial charge is 0.338 e. The van der Waals surface area contributed by atoms with Crippen LogP contribution in [0.5, 0.6) is 0 Å². The third-order valence-electron chi connectivity index (χ3n) is 1.26. The molecule has 0 radical (unpaired) electrons. The molecule has 1 heterocycles. The summed E-state index contributed by atoms with van der Waals surface area (Å²) in [5.74, 6) is 0.536. The quantitative estimate of drug-likeness (QED) is 0.546. The van der Waals surface area contributed by atoms with Crippen LogP contribution in [0.3, 0.4) is 0 Å². The van der Waals surface area contributed by atoms with Crippen LogP contribution in [0.15, 0.2) is 22.4 Å². The summed E-state index contributed by atoms with van der Waals surface area (Å²) in [5.41, 5.74) is 1.40. The van der Waals surface area contributed by atoms with Crippen LogP contribution >= 0.6 is 0 Å². The molecule has 4 heteroatoms. The number of rotatable bonds is 3. The van der Waals surface area contributed by atoms with Crippen molar-refractivity contribution in [3.8, 4) is 0 Å². The van der Waals surface area contributed by atoms with E-state index in [2.05, 4.69) is 10.5 Å². The Morgan fingerprint density at radius 1 is 1.75 bits per heavy atom. The minimum Gasteiger partial charge on any atom is -0.338 e. The van der Waals surface area contributed by atoms with Crippen LogP contribution in [0.25, 0.3) is 0 Å². The summed E-state index contributed by atoms with van der Waals surface area (Å²) in [7, 11) is 0. The van der Waals surface area contributed by atoms with Gasteiger partial charge in [-0.05, 0) is 13.8 Å². The van der Waals surface area contributed by atoms with Crippen LogP contribution in [0.2, 0.25) is 0 Å². The summed E-state index contributed by atoms with van der Waals surface area (Å²) >= 11 is 0. The average Bonchev–Trinajstić information content (AvgIpc) is 2.47. The Balaban J connectivity index is 2.59. The van der Waals surface area contributed by atoms with Gasteiger partial charge in [-0.15, -0.1) is 0 Å². The van der Waals surface area contributed by atoms with E-state index in [0.29, 0.717) is 11.5 Å². The van der Waals surface area contributed by atoms with Gasteiger partial charge in [-0.2, -0.15) is 0 Å². The standard InChI is InChI=1S/C8H10N2O2/c1-6(5-11)4-9-8-3-7(2)10-12-8/h3-5,9H,1-2H3. The molecule has 0 bridgehead atoms. The van der Waals surface area contributed by atoms with E-state index in [1.54, 1.807) is 19.2 Å². The van der Waals surface area contributed by atoms with Crippen molar-refractivity contribution in [2.75, 3.05) is 5.32 Å². The van der Waals surface area contributed by atoms with E-state index in [1.165, 1.54) is 0 Å². The molecule has 12 heavy (non-hydrogen) atoms. The van der Waals surface area contributed by atoms with E-state index in [4.69, 9.17) is 4.52 Å². The maximum Gasteiger partial charge on any atom is 0.228 e. The summed E-state index contributed by atoms with van der Waals surface area (Å²) in [6.45, 7) is 3.52. The topological polar surface area (TPSA) is 55.1 Å². The Kier molecular flexibility index (Phi) is 2.63. The molecule has 0 aliphatic heterocycles. The van der Waals surface area contributed by atoms with Gasteiger partial charge in [0.25, 0.3) is 0 Å². The predicted octanol–water partition coefficient (Wildman–Crippen LogP) is 1.50. The lowest BCUT2D eigenvalue weighted by Gasteiger charge is -1.91. The smallest absolute Gasteiger partial charge is 0.228 e. The van der Waals surface area contributed by atoms with Crippen molar-refractivity contribution in [3.05, 3.63) is 23.5 Å². The molecule has 0 saturated carbocycles. The third-order valence-corrected chi connectivity index (χ3v) is 1.26. The zero-order valence-corrected chi connectivity index (χ0v) is 7.00. The van der Waals surface area contributed by atoms with Gasteiger partial charge in [0.2, 0.25) is 5.88 Å². The number of aromatic nitrogens is 1. The first-order valence-corrected chi connectivity index (χ1v) is 3.54. The molecular formula is C8H10N2O2. The summed E-state index contributed by atoms with van der Waals surface area (Å²) in [5, 5.41) is 6.46. The minimum atomic E-state index is 0.536. The van der Waals surface area contributed by atoms with E-state index < -0.39 is 0 Å². The number of carbonyl (C=O) groups is 1. The highest BCUT2D eigenvalue weighted by molar-refractivity contribution is 5.72. The van der Waals surface area contributed by atoms with Crippen molar-refractivity contribution in [2.24, 2.45) is 0 Å². The summed E-state index contributed by atoms with van der Waals surface area (Å²) < 4.78 is 4.84. The number of anilines is 1. The van der Waals surface area contributed by atoms with Gasteiger partial charge in [-0.3, -0.25) is 4.79 Å². The van der Waals surface area contributed by atoms with Gasteiger partial charge in [-0.1, -0.05) is 5.16 Å². The molecule has 4 nitrogen and oxygen atoms in total. The fourth-order valence-electron chi connectivity index (χ4n) is 0.651. The lowest BCUT2D eigenvalue weighted by Crippen LogP contribution is -1.88. The molecule has 64 valence electrons. The molecule has 1 aromatic rings. The first-order chi connectivity index (χ1) is 5.72. The van der Waals surface area contributed by atoms with E-state index in [1.807, 2.05) is 6.92 Å². The maximum atomic E-state index is 10.2. The Bertz CT molecular complexity index is 302. The summed E-state index contributed by atoms with van der Waals surface area (Å²) in [6.07, 6.45) is 2.32. The molecule has 1 N–H and O–H groups in total. The van der Waals surface area contributed by atoms with Gasteiger partial charge in [-0.25, -0.2) is 0 Å². The number of carbonyl (C=O) groups excluding carboxylic acids is 1. The number of hydrogen-bond acceptors (Lipinski definition) is 4. The zero-order valence-electron chi connectivity index (χ0n) is 7.00. The second kappa shape index (κ2) is 3.71. The molecule has 0 aliphatic rings. The van der Waals surface area contributed by atoms with E-state index in [9.17, 15) is 4.79 Å². The molecule has 1 rings (SSSR count). The first kappa shape index (κ1) is 8.52. The Morgan fingerprint density at radius 2 is 2.50 bits per heavy atom. The normalized spacial score (nSPS) is 11.3. The third kappa shape index (κ3) is 2.23. The highest BCUT2D eigenvalue weighted by Crippen LogP contribution is 2.08. The molecule has 0 amide bonds. The number of aldehydes is 1. The van der Waals surface area contributed by atoms with Gasteiger partial charge < -0.3 is 9.84 Å². The lowest BCUT2D eigenvalue weighted by molar-refractivity contribution is -0.104. The fourth-order valence-corrected chi connectivity index (χ4v) is 0.651. The molecular weight excluding hydrogens is 156 g/mol. The second-order valence-electron chi connectivity index (χ2n) is 2.48. The van der Waals surface area contributed by atoms with Crippen LogP contribution in [0, 0.1) is 6.92 Å². The van der Waals surface area contributed by atoms with Crippen LogP contribution in [0.4, 0.5) is 5.88 Å². The lowest BCUT2D eigenvalue weighted by atomic mass is 10.4. The van der Waals surface area contributed by atoms with E-state index >= 15 is 0 Å². The number of aryl methyl sites for hydroxylation is 1. The van der Waals surface area contributed by atoms with Gasteiger partial charge >= 0.3 is 0 Å². The second-order valence-corrected chi connectivity index (χ2v) is 2.48. The monoisotopic (exact) mass is 166 g/mol. The fraction of sp³-hybridized carbons (Fsp3) is 0.250. The highest BCUT2D eigenvalue weighted by Gasteiger charge is 1.95.